The van der Waals surface area contributed by atoms with Crippen LogP contribution in [0, 0.1) is 0 Å². The Bertz CT molecular complexity index is 2060. The molecule has 4 rings (SSSR count). The van der Waals surface area contributed by atoms with Gasteiger partial charge >= 0.3 is 0 Å². The maximum atomic E-state index is 12.3. The number of phenols is 1. The zero-order valence-corrected chi connectivity index (χ0v) is 26.2. The molecule has 0 aromatic heterocycles. The minimum Gasteiger partial charge on any atom is -0.505 e. The van der Waals surface area contributed by atoms with Gasteiger partial charge in [-0.2, -0.15) is 18.6 Å². The Morgan fingerprint density at radius 3 is 2.00 bits per heavy atom. The van der Waals surface area contributed by atoms with Crippen molar-refractivity contribution in [1.82, 2.24) is 0 Å². The van der Waals surface area contributed by atoms with E-state index in [9.17, 15) is 26.5 Å². The molecule has 0 aliphatic heterocycles. The fraction of sp³-hybridized carbons (Fsp3) is 0. The SMILES string of the molecule is C=COOSc1ccc(N=Nc2c(SOOO)cc3cc(S(=O)(=O)O)c(N=Nc4ccc(S(=O)(=O)C=C)cc4)c(N)c3c2O)cc1. The van der Waals surface area contributed by atoms with Gasteiger partial charge in [0.2, 0.25) is 0 Å². The Kier molecular flexibility index (Phi) is 11.1. The molecule has 16 nitrogen and oxygen atoms in total. The van der Waals surface area contributed by atoms with E-state index in [0.29, 0.717) is 22.6 Å². The highest BCUT2D eigenvalue weighted by Gasteiger charge is 2.25. The van der Waals surface area contributed by atoms with E-state index >= 15 is 0 Å². The highest BCUT2D eigenvalue weighted by atomic mass is 32.2. The molecular weight excluding hydrogens is 687 g/mol. The lowest BCUT2D eigenvalue weighted by molar-refractivity contribution is -0.432. The van der Waals surface area contributed by atoms with Crippen LogP contribution < -0.4 is 5.73 Å². The number of azo groups is 2. The molecule has 0 atom stereocenters. The Morgan fingerprint density at radius 2 is 1.43 bits per heavy atom. The average Bonchev–Trinajstić information content (AvgIpc) is 3.03. The van der Waals surface area contributed by atoms with Gasteiger partial charge in [0.1, 0.15) is 22.5 Å². The lowest BCUT2D eigenvalue weighted by Gasteiger charge is -2.14. The standard InChI is InChI=1S/C26H21N5O11S4/c1-3-39-41-43-18-9-5-16(6-10-18)28-30-24-20(44-42-40-33)13-15-14-21(46(36,37)38)25(23(27)22(15)26(24)32)31-29-17-7-11-19(12-8-17)45(34,35)4-2/h3-14,32-33H,1-2,27H2,(H,36,37,38). The predicted molar refractivity (Wildman–Crippen MR) is 167 cm³/mol. The number of aromatic hydroxyl groups is 1. The van der Waals surface area contributed by atoms with Crippen molar-refractivity contribution in [3.63, 3.8) is 0 Å². The zero-order valence-electron chi connectivity index (χ0n) is 22.9. The summed E-state index contributed by atoms with van der Waals surface area (Å²) in [6.07, 6.45) is 1.11. The summed E-state index contributed by atoms with van der Waals surface area (Å²) in [5.74, 6) is -0.609. The van der Waals surface area contributed by atoms with E-state index in [-0.39, 0.29) is 31.9 Å². The topological polar surface area (TPSA) is 241 Å². The molecule has 0 saturated carbocycles. The number of hydrogen-bond acceptors (Lipinski definition) is 17. The molecule has 240 valence electrons. The summed E-state index contributed by atoms with van der Waals surface area (Å²) < 4.78 is 67.9. The van der Waals surface area contributed by atoms with E-state index in [1.807, 2.05) is 0 Å². The predicted octanol–water partition coefficient (Wildman–Crippen LogP) is 7.65. The molecule has 0 bridgehead atoms. The molecule has 46 heavy (non-hydrogen) atoms. The zero-order chi connectivity index (χ0) is 33.5. The van der Waals surface area contributed by atoms with Gasteiger partial charge in [-0.05, 0) is 66.0 Å². The van der Waals surface area contributed by atoms with Crippen LogP contribution in [0.2, 0.25) is 0 Å². The van der Waals surface area contributed by atoms with Gasteiger partial charge < -0.3 is 15.7 Å². The third-order valence-corrected chi connectivity index (χ3v) is 9.20. The molecule has 4 aromatic rings. The van der Waals surface area contributed by atoms with Crippen LogP contribution in [0.1, 0.15) is 0 Å². The first-order valence-corrected chi connectivity index (χ1v) is 16.6. The van der Waals surface area contributed by atoms with E-state index < -0.39 is 42.0 Å². The van der Waals surface area contributed by atoms with Gasteiger partial charge in [-0.25, -0.2) is 13.7 Å². The second-order valence-electron chi connectivity index (χ2n) is 8.52. The van der Waals surface area contributed by atoms with E-state index in [2.05, 4.69) is 47.9 Å². The third-order valence-electron chi connectivity index (χ3n) is 5.74. The normalized spacial score (nSPS) is 12.2. The fourth-order valence-corrected chi connectivity index (χ4v) is 5.99. The van der Waals surface area contributed by atoms with Gasteiger partial charge in [-0.15, -0.1) is 18.9 Å². The lowest BCUT2D eigenvalue weighted by Crippen LogP contribution is -2.02. The van der Waals surface area contributed by atoms with Gasteiger partial charge in [-0.3, -0.25) is 4.55 Å². The highest BCUT2D eigenvalue weighted by molar-refractivity contribution is 7.95. The number of fused-ring (bicyclic) bond motifs is 1. The molecule has 0 aliphatic rings. The maximum absolute atomic E-state index is 12.3. The van der Waals surface area contributed by atoms with Crippen molar-refractivity contribution < 1.29 is 50.3 Å². The number of phenolic OH excluding ortho intramolecular Hbond substituents is 1. The van der Waals surface area contributed by atoms with Crippen LogP contribution in [0.15, 0.2) is 126 Å². The van der Waals surface area contributed by atoms with Crippen molar-refractivity contribution in [3.05, 3.63) is 85.5 Å². The third kappa shape index (κ3) is 8.06. The number of benzene rings is 4. The summed E-state index contributed by atoms with van der Waals surface area (Å²) in [4.78, 5) is 4.39. The molecule has 0 unspecified atom stereocenters. The Labute approximate surface area is 269 Å². The van der Waals surface area contributed by atoms with E-state index in [1.54, 1.807) is 24.3 Å². The van der Waals surface area contributed by atoms with Crippen LogP contribution in [0.25, 0.3) is 10.8 Å². The first kappa shape index (κ1) is 34.5. The van der Waals surface area contributed by atoms with Crippen LogP contribution in [0.3, 0.4) is 0 Å². The van der Waals surface area contributed by atoms with E-state index in [1.165, 1.54) is 30.3 Å². The van der Waals surface area contributed by atoms with Crippen LogP contribution >= 0.6 is 24.1 Å². The summed E-state index contributed by atoms with van der Waals surface area (Å²) >= 11 is 1.30. The minimum absolute atomic E-state index is 0.0189. The van der Waals surface area contributed by atoms with Crippen molar-refractivity contribution in [2.24, 2.45) is 20.5 Å². The molecular formula is C26H21N5O11S4. The largest absolute Gasteiger partial charge is 0.505 e. The summed E-state index contributed by atoms with van der Waals surface area (Å²) in [5.41, 5.74) is 5.52. The van der Waals surface area contributed by atoms with Crippen LogP contribution in [0.4, 0.5) is 28.4 Å². The van der Waals surface area contributed by atoms with Gasteiger partial charge in [0.15, 0.2) is 15.6 Å². The number of hydrogen-bond donors (Lipinski definition) is 4. The van der Waals surface area contributed by atoms with Crippen molar-refractivity contribution in [3.8, 4) is 5.75 Å². The van der Waals surface area contributed by atoms with Gasteiger partial charge in [-0.1, -0.05) is 18.2 Å². The molecule has 5 N–H and O–H groups in total. The van der Waals surface area contributed by atoms with Crippen molar-refractivity contribution in [1.29, 1.82) is 0 Å². The second-order valence-corrected chi connectivity index (χ2v) is 13.3. The Morgan fingerprint density at radius 1 is 0.826 bits per heavy atom. The first-order chi connectivity index (χ1) is 21.9. The van der Waals surface area contributed by atoms with Crippen LogP contribution in [-0.2, 0) is 38.5 Å². The van der Waals surface area contributed by atoms with Gasteiger partial charge in [0.05, 0.1) is 56.3 Å². The van der Waals surface area contributed by atoms with Crippen molar-refractivity contribution >= 4 is 83.3 Å². The summed E-state index contributed by atoms with van der Waals surface area (Å²) in [6, 6.07) is 13.7. The molecule has 0 spiro atoms. The summed E-state index contributed by atoms with van der Waals surface area (Å²) in [5, 5.41) is 40.2. The number of sulfone groups is 1. The highest BCUT2D eigenvalue weighted by Crippen LogP contribution is 2.49. The van der Waals surface area contributed by atoms with Crippen molar-refractivity contribution in [2.75, 3.05) is 5.73 Å². The first-order valence-electron chi connectivity index (χ1n) is 12.2. The maximum Gasteiger partial charge on any atom is 0.296 e. The summed E-state index contributed by atoms with van der Waals surface area (Å²) in [7, 11) is -8.68. The second kappa shape index (κ2) is 14.8. The molecule has 0 amide bonds. The number of anilines is 1. The monoisotopic (exact) mass is 707 g/mol. The molecule has 20 heteroatoms. The molecule has 0 aliphatic carbocycles. The minimum atomic E-state index is -4.97. The van der Waals surface area contributed by atoms with E-state index in [4.69, 9.17) is 15.3 Å². The van der Waals surface area contributed by atoms with Crippen molar-refractivity contribution in [2.45, 2.75) is 19.6 Å². The molecule has 0 radical (unpaired) electrons. The smallest absolute Gasteiger partial charge is 0.296 e. The number of nitrogen functional groups attached to an aromatic ring is 1. The number of nitrogens with zero attached hydrogens (tertiary/aromatic N) is 4. The van der Waals surface area contributed by atoms with E-state index in [0.717, 1.165) is 29.8 Å². The van der Waals surface area contributed by atoms with Gasteiger partial charge in [0, 0.05) is 10.3 Å². The molecule has 0 fully saturated rings. The van der Waals surface area contributed by atoms with Crippen LogP contribution in [0.5, 0.6) is 5.75 Å². The summed E-state index contributed by atoms with van der Waals surface area (Å²) in [6.45, 7) is 6.61. The van der Waals surface area contributed by atoms with Crippen LogP contribution in [-0.4, -0.2) is 31.8 Å². The number of nitrogens with two attached hydrogens (primary N) is 1. The molecule has 0 heterocycles. The Hall–Kier alpha value is -4.38. The Balaban J connectivity index is 1.82. The fourth-order valence-electron chi connectivity index (χ4n) is 3.69. The quantitative estimate of drug-likeness (QED) is 0.0144. The molecule has 4 aromatic carbocycles. The van der Waals surface area contributed by atoms with Gasteiger partial charge in [0.25, 0.3) is 10.1 Å². The average molecular weight is 708 g/mol. The lowest BCUT2D eigenvalue weighted by atomic mass is 10.1. The molecule has 0 saturated heterocycles. The number of rotatable bonds is 14.